The molecule has 3 nitrogen and oxygen atoms in total. The van der Waals surface area contributed by atoms with Crippen LogP contribution >= 0.6 is 11.6 Å². The first-order valence-electron chi connectivity index (χ1n) is 8.14. The summed E-state index contributed by atoms with van der Waals surface area (Å²) in [5.41, 5.74) is 10.6. The average Bonchev–Trinajstić information content (AvgIpc) is 2.93. The number of aromatic amines is 1. The number of aromatic nitrogens is 2. The fourth-order valence-corrected chi connectivity index (χ4v) is 4.14. The Morgan fingerprint density at radius 2 is 1.79 bits per heavy atom. The highest BCUT2D eigenvalue weighted by molar-refractivity contribution is 6.30. The summed E-state index contributed by atoms with van der Waals surface area (Å²) >= 11 is 6.19. The van der Waals surface area contributed by atoms with E-state index in [0.29, 0.717) is 17.8 Å². The van der Waals surface area contributed by atoms with Crippen molar-refractivity contribution < 1.29 is 0 Å². The van der Waals surface area contributed by atoms with Gasteiger partial charge in [-0.15, -0.1) is 0 Å². The number of H-pyrrole nitrogens is 1. The molecule has 2 atom stereocenters. The second-order valence-electron chi connectivity index (χ2n) is 7.08. The van der Waals surface area contributed by atoms with Crippen molar-refractivity contribution in [2.45, 2.75) is 25.7 Å². The normalized spacial score (nSPS) is 21.6. The molecule has 1 fully saturated rings. The van der Waals surface area contributed by atoms with Crippen LogP contribution in [0.25, 0.3) is 11.3 Å². The zero-order valence-electron chi connectivity index (χ0n) is 13.8. The van der Waals surface area contributed by atoms with Crippen molar-refractivity contribution in [1.29, 1.82) is 0 Å². The second-order valence-corrected chi connectivity index (χ2v) is 7.52. The van der Waals surface area contributed by atoms with Crippen molar-refractivity contribution >= 4 is 17.5 Å². The van der Waals surface area contributed by atoms with Gasteiger partial charge in [0, 0.05) is 22.2 Å². The maximum Gasteiger partial charge on any atom is 0.198 e. The lowest BCUT2D eigenvalue weighted by atomic mass is 10.0. The van der Waals surface area contributed by atoms with Crippen LogP contribution in [0, 0.1) is 5.41 Å². The Bertz CT molecular complexity index is 883. The number of imidazole rings is 1. The molecule has 1 saturated carbocycles. The number of nitrogens with one attached hydrogen (secondary N) is 1. The van der Waals surface area contributed by atoms with Gasteiger partial charge in [-0.1, -0.05) is 67.9 Å². The summed E-state index contributed by atoms with van der Waals surface area (Å²) in [6.07, 6.45) is 0. The van der Waals surface area contributed by atoms with Gasteiger partial charge in [0.15, 0.2) is 5.95 Å². The van der Waals surface area contributed by atoms with E-state index in [1.807, 2.05) is 30.3 Å². The molecule has 0 aliphatic heterocycles. The Hall–Kier alpha value is -2.26. The standard InChI is InChI=1S/C20H20ClN3/c1-20(2)15(13-9-6-10-14(21)11-13)16(20)18-17(23-19(22)24-18)12-7-4-3-5-8-12/h3-11,15-16H,1-2H3,(H3,22,23,24)/t15-,16+/m1/s1. The van der Waals surface area contributed by atoms with Crippen LogP contribution in [0.3, 0.4) is 0 Å². The molecule has 0 bridgehead atoms. The highest BCUT2D eigenvalue weighted by atomic mass is 35.5. The number of nitrogens with zero attached hydrogens (tertiary/aromatic N) is 1. The molecule has 4 heteroatoms. The van der Waals surface area contributed by atoms with Gasteiger partial charge in [0.05, 0.1) is 5.69 Å². The van der Waals surface area contributed by atoms with Gasteiger partial charge in [0.25, 0.3) is 0 Å². The molecule has 1 aromatic heterocycles. The maximum absolute atomic E-state index is 6.19. The number of halogens is 1. The van der Waals surface area contributed by atoms with Crippen molar-refractivity contribution in [3.05, 3.63) is 70.9 Å². The first-order valence-corrected chi connectivity index (χ1v) is 8.52. The Kier molecular flexibility index (Phi) is 3.43. The number of hydrogen-bond donors (Lipinski definition) is 2. The minimum atomic E-state index is 0.132. The molecular formula is C20H20ClN3. The summed E-state index contributed by atoms with van der Waals surface area (Å²) < 4.78 is 0. The summed E-state index contributed by atoms with van der Waals surface area (Å²) in [5.74, 6) is 1.21. The average molecular weight is 338 g/mol. The van der Waals surface area contributed by atoms with E-state index in [0.717, 1.165) is 22.0 Å². The third-order valence-corrected chi connectivity index (χ3v) is 5.38. The zero-order valence-corrected chi connectivity index (χ0v) is 14.5. The predicted octanol–water partition coefficient (Wildman–Crippen LogP) is 5.22. The largest absolute Gasteiger partial charge is 0.369 e. The van der Waals surface area contributed by atoms with Crippen LogP contribution in [0.1, 0.15) is 36.9 Å². The molecule has 24 heavy (non-hydrogen) atoms. The lowest BCUT2D eigenvalue weighted by Crippen LogP contribution is -1.93. The van der Waals surface area contributed by atoms with Gasteiger partial charge >= 0.3 is 0 Å². The van der Waals surface area contributed by atoms with E-state index in [1.54, 1.807) is 0 Å². The molecule has 3 aromatic rings. The summed E-state index contributed by atoms with van der Waals surface area (Å²) in [4.78, 5) is 7.86. The number of anilines is 1. The van der Waals surface area contributed by atoms with E-state index < -0.39 is 0 Å². The van der Waals surface area contributed by atoms with Crippen LogP contribution < -0.4 is 5.73 Å². The van der Waals surface area contributed by atoms with E-state index in [-0.39, 0.29) is 5.41 Å². The molecule has 0 saturated heterocycles. The lowest BCUT2D eigenvalue weighted by Gasteiger charge is -2.04. The van der Waals surface area contributed by atoms with Crippen LogP contribution in [0.4, 0.5) is 5.95 Å². The quantitative estimate of drug-likeness (QED) is 0.688. The fraction of sp³-hybridized carbons (Fsp3) is 0.250. The predicted molar refractivity (Wildman–Crippen MR) is 99.2 cm³/mol. The Morgan fingerprint density at radius 1 is 1.04 bits per heavy atom. The molecular weight excluding hydrogens is 318 g/mol. The molecule has 0 spiro atoms. The van der Waals surface area contributed by atoms with Crippen LogP contribution in [-0.2, 0) is 0 Å². The summed E-state index contributed by atoms with van der Waals surface area (Å²) in [5, 5.41) is 0.779. The maximum atomic E-state index is 6.19. The van der Waals surface area contributed by atoms with Gasteiger partial charge < -0.3 is 10.7 Å². The van der Waals surface area contributed by atoms with Crippen molar-refractivity contribution in [3.8, 4) is 11.3 Å². The van der Waals surface area contributed by atoms with Gasteiger partial charge in [0.1, 0.15) is 0 Å². The van der Waals surface area contributed by atoms with Crippen molar-refractivity contribution in [1.82, 2.24) is 9.97 Å². The number of nitrogen functional groups attached to an aromatic ring is 1. The van der Waals surface area contributed by atoms with Gasteiger partial charge in [-0.3, -0.25) is 0 Å². The third-order valence-electron chi connectivity index (χ3n) is 5.14. The van der Waals surface area contributed by atoms with Crippen LogP contribution in [-0.4, -0.2) is 9.97 Å². The molecule has 3 N–H and O–H groups in total. The van der Waals surface area contributed by atoms with Crippen LogP contribution in [0.5, 0.6) is 0 Å². The van der Waals surface area contributed by atoms with Crippen molar-refractivity contribution in [2.24, 2.45) is 5.41 Å². The summed E-state index contributed by atoms with van der Waals surface area (Å²) in [6.45, 7) is 4.57. The second kappa shape index (κ2) is 5.38. The molecule has 0 radical (unpaired) electrons. The van der Waals surface area contributed by atoms with Gasteiger partial charge in [-0.25, -0.2) is 4.98 Å². The van der Waals surface area contributed by atoms with E-state index in [9.17, 15) is 0 Å². The molecule has 2 aromatic carbocycles. The van der Waals surface area contributed by atoms with Gasteiger partial charge in [-0.2, -0.15) is 0 Å². The monoisotopic (exact) mass is 337 g/mol. The molecule has 0 unspecified atom stereocenters. The minimum Gasteiger partial charge on any atom is -0.369 e. The smallest absolute Gasteiger partial charge is 0.198 e. The topological polar surface area (TPSA) is 54.7 Å². The van der Waals surface area contributed by atoms with Gasteiger partial charge in [0.2, 0.25) is 0 Å². The molecule has 1 aliphatic rings. The number of hydrogen-bond acceptors (Lipinski definition) is 2. The number of benzene rings is 2. The van der Waals surface area contributed by atoms with Gasteiger partial charge in [-0.05, 0) is 29.0 Å². The molecule has 1 aliphatic carbocycles. The molecule has 1 heterocycles. The van der Waals surface area contributed by atoms with E-state index in [4.69, 9.17) is 17.3 Å². The van der Waals surface area contributed by atoms with Crippen molar-refractivity contribution in [2.75, 3.05) is 5.73 Å². The Balaban J connectivity index is 1.78. The van der Waals surface area contributed by atoms with Crippen LogP contribution in [0.15, 0.2) is 54.6 Å². The van der Waals surface area contributed by atoms with E-state index in [2.05, 4.69) is 48.1 Å². The summed E-state index contributed by atoms with van der Waals surface area (Å²) in [7, 11) is 0. The summed E-state index contributed by atoms with van der Waals surface area (Å²) in [6, 6.07) is 18.4. The number of nitrogens with two attached hydrogens (primary N) is 1. The Morgan fingerprint density at radius 3 is 2.50 bits per heavy atom. The molecule has 4 rings (SSSR count). The first-order chi connectivity index (χ1) is 11.5. The SMILES string of the molecule is CC1(C)[C@H](c2cccc(Cl)c2)[C@H]1c1[nH]c(N)nc1-c1ccccc1. The zero-order chi connectivity index (χ0) is 16.9. The third kappa shape index (κ3) is 2.40. The van der Waals surface area contributed by atoms with E-state index >= 15 is 0 Å². The first kappa shape index (κ1) is 15.3. The highest BCUT2D eigenvalue weighted by Crippen LogP contribution is 2.70. The molecule has 0 amide bonds. The fourth-order valence-electron chi connectivity index (χ4n) is 3.95. The minimum absolute atomic E-state index is 0.132. The Labute approximate surface area is 146 Å². The van der Waals surface area contributed by atoms with Crippen LogP contribution in [0.2, 0.25) is 5.02 Å². The highest BCUT2D eigenvalue weighted by Gasteiger charge is 2.60. The molecule has 122 valence electrons. The van der Waals surface area contributed by atoms with E-state index in [1.165, 1.54) is 5.56 Å². The lowest BCUT2D eigenvalue weighted by molar-refractivity contribution is 0.599. The van der Waals surface area contributed by atoms with Crippen molar-refractivity contribution in [3.63, 3.8) is 0 Å². The number of rotatable bonds is 3.